The summed E-state index contributed by atoms with van der Waals surface area (Å²) in [4.78, 5) is 5.25. The Kier molecular flexibility index (Phi) is 8.02. The number of nitrogens with zero attached hydrogens (tertiary/aromatic N) is 2. The summed E-state index contributed by atoms with van der Waals surface area (Å²) >= 11 is 0. The van der Waals surface area contributed by atoms with Gasteiger partial charge in [-0.05, 0) is 58.4 Å². The van der Waals surface area contributed by atoms with Crippen molar-refractivity contribution in [2.24, 2.45) is 11.8 Å². The lowest BCUT2D eigenvalue weighted by Crippen LogP contribution is -2.55. The standard InChI is InChI=1S/C22H41N3/c1-6-7-12-21(19(2)23-4)20-10-8-13-22(3,14-9-11-20)25-17-15-24(5)16-18-25/h6,20-21,23H,1-2,7-18H2,3-5H3. The Balaban J connectivity index is 1.93. The van der Waals surface area contributed by atoms with Crippen LogP contribution in [0.15, 0.2) is 24.9 Å². The highest BCUT2D eigenvalue weighted by atomic mass is 15.3. The average Bonchev–Trinajstić information content (AvgIpc) is 2.59. The molecule has 0 bridgehead atoms. The molecule has 2 fully saturated rings. The predicted octanol–water partition coefficient (Wildman–Crippen LogP) is 4.28. The lowest BCUT2D eigenvalue weighted by atomic mass is 9.74. The molecule has 0 amide bonds. The van der Waals surface area contributed by atoms with E-state index in [-0.39, 0.29) is 0 Å². The van der Waals surface area contributed by atoms with Crippen LogP contribution in [-0.2, 0) is 0 Å². The molecule has 0 radical (unpaired) electrons. The largest absolute Gasteiger partial charge is 0.392 e. The lowest BCUT2D eigenvalue weighted by Gasteiger charge is -2.47. The number of likely N-dealkylation sites (N-methyl/N-ethyl adjacent to an activating group) is 1. The highest BCUT2D eigenvalue weighted by Crippen LogP contribution is 2.38. The Hall–Kier alpha value is -0.800. The van der Waals surface area contributed by atoms with Gasteiger partial charge in [-0.25, -0.2) is 0 Å². The third-order valence-corrected chi connectivity index (χ3v) is 6.87. The molecule has 2 rings (SSSR count). The summed E-state index contributed by atoms with van der Waals surface area (Å²) in [6.07, 6.45) is 12.5. The van der Waals surface area contributed by atoms with Gasteiger partial charge >= 0.3 is 0 Å². The molecule has 1 unspecified atom stereocenters. The van der Waals surface area contributed by atoms with Crippen LogP contribution in [0, 0.1) is 11.8 Å². The molecule has 2 aliphatic rings. The first-order valence-electron chi connectivity index (χ1n) is 10.4. The molecular weight excluding hydrogens is 306 g/mol. The van der Waals surface area contributed by atoms with Gasteiger partial charge in [0.2, 0.25) is 0 Å². The fourth-order valence-corrected chi connectivity index (χ4v) is 5.00. The first kappa shape index (κ1) is 20.5. The van der Waals surface area contributed by atoms with Crippen molar-refractivity contribution < 1.29 is 0 Å². The minimum atomic E-state index is 0.420. The molecule has 1 aliphatic heterocycles. The summed E-state index contributed by atoms with van der Waals surface area (Å²) in [5.74, 6) is 1.40. The zero-order valence-electron chi connectivity index (χ0n) is 17.0. The Morgan fingerprint density at radius 3 is 2.32 bits per heavy atom. The van der Waals surface area contributed by atoms with Crippen LogP contribution in [0.4, 0.5) is 0 Å². The second-order valence-corrected chi connectivity index (χ2v) is 8.58. The highest BCUT2D eigenvalue weighted by molar-refractivity contribution is 5.01. The average molecular weight is 348 g/mol. The van der Waals surface area contributed by atoms with Crippen LogP contribution >= 0.6 is 0 Å². The van der Waals surface area contributed by atoms with Crippen molar-refractivity contribution in [1.29, 1.82) is 0 Å². The van der Waals surface area contributed by atoms with Gasteiger partial charge in [-0.15, -0.1) is 6.58 Å². The van der Waals surface area contributed by atoms with E-state index < -0.39 is 0 Å². The first-order chi connectivity index (χ1) is 12.0. The fraction of sp³-hybridized carbons (Fsp3) is 0.818. The van der Waals surface area contributed by atoms with E-state index in [0.29, 0.717) is 11.5 Å². The lowest BCUT2D eigenvalue weighted by molar-refractivity contribution is 0.0284. The maximum absolute atomic E-state index is 4.31. The maximum atomic E-state index is 4.31. The molecule has 0 aromatic carbocycles. The first-order valence-corrected chi connectivity index (χ1v) is 10.4. The minimum Gasteiger partial charge on any atom is -0.392 e. The van der Waals surface area contributed by atoms with Gasteiger partial charge in [0.05, 0.1) is 0 Å². The van der Waals surface area contributed by atoms with Gasteiger partial charge < -0.3 is 10.2 Å². The highest BCUT2D eigenvalue weighted by Gasteiger charge is 2.35. The van der Waals surface area contributed by atoms with Crippen molar-refractivity contribution in [3.8, 4) is 0 Å². The van der Waals surface area contributed by atoms with E-state index in [2.05, 4.69) is 48.3 Å². The quantitative estimate of drug-likeness (QED) is 0.694. The van der Waals surface area contributed by atoms with Gasteiger partial charge in [-0.1, -0.05) is 25.5 Å². The second-order valence-electron chi connectivity index (χ2n) is 8.58. The molecule has 1 aliphatic carbocycles. The van der Waals surface area contributed by atoms with Gasteiger partial charge in [0.25, 0.3) is 0 Å². The third-order valence-electron chi connectivity index (χ3n) is 6.87. The number of allylic oxidation sites excluding steroid dienone is 2. The van der Waals surface area contributed by atoms with Gasteiger partial charge in [0.15, 0.2) is 0 Å². The van der Waals surface area contributed by atoms with Crippen molar-refractivity contribution >= 4 is 0 Å². The number of hydrogen-bond donors (Lipinski definition) is 1. The minimum absolute atomic E-state index is 0.420. The van der Waals surface area contributed by atoms with Crippen LogP contribution in [0.1, 0.15) is 58.3 Å². The van der Waals surface area contributed by atoms with E-state index in [4.69, 9.17) is 0 Å². The van der Waals surface area contributed by atoms with Crippen molar-refractivity contribution in [2.75, 3.05) is 40.3 Å². The van der Waals surface area contributed by atoms with E-state index >= 15 is 0 Å². The van der Waals surface area contributed by atoms with E-state index in [1.54, 1.807) is 0 Å². The summed E-state index contributed by atoms with van der Waals surface area (Å²) < 4.78 is 0. The third kappa shape index (κ3) is 5.59. The summed E-state index contributed by atoms with van der Waals surface area (Å²) in [6.45, 7) is 15.7. The predicted molar refractivity (Wildman–Crippen MR) is 110 cm³/mol. The smallest absolute Gasteiger partial charge is 0.0182 e. The molecule has 1 atom stereocenters. The summed E-state index contributed by atoms with van der Waals surface area (Å²) in [7, 11) is 4.27. The van der Waals surface area contributed by atoms with Crippen LogP contribution in [0.3, 0.4) is 0 Å². The SMILES string of the molecule is C=CCCC(C(=C)NC)C1CCCC(C)(N2CCN(C)CC2)CCC1. The molecule has 1 saturated carbocycles. The van der Waals surface area contributed by atoms with E-state index in [1.807, 2.05) is 7.05 Å². The van der Waals surface area contributed by atoms with Crippen molar-refractivity contribution in [3.05, 3.63) is 24.9 Å². The van der Waals surface area contributed by atoms with E-state index in [9.17, 15) is 0 Å². The molecule has 0 aromatic heterocycles. The molecule has 0 aromatic rings. The van der Waals surface area contributed by atoms with Crippen LogP contribution in [-0.4, -0.2) is 55.6 Å². The number of rotatable bonds is 7. The zero-order valence-corrected chi connectivity index (χ0v) is 17.0. The summed E-state index contributed by atoms with van der Waals surface area (Å²) in [5, 5.41) is 3.34. The Bertz CT molecular complexity index is 413. The molecule has 3 nitrogen and oxygen atoms in total. The van der Waals surface area contributed by atoms with Crippen LogP contribution in [0.25, 0.3) is 0 Å². The van der Waals surface area contributed by atoms with Gasteiger partial charge in [-0.2, -0.15) is 0 Å². The summed E-state index contributed by atoms with van der Waals surface area (Å²) in [5.41, 5.74) is 1.65. The monoisotopic (exact) mass is 347 g/mol. The number of nitrogens with one attached hydrogen (secondary N) is 1. The van der Waals surface area contributed by atoms with Crippen LogP contribution < -0.4 is 5.32 Å². The topological polar surface area (TPSA) is 18.5 Å². The molecule has 1 heterocycles. The van der Waals surface area contributed by atoms with Gasteiger partial charge in [0.1, 0.15) is 0 Å². The molecule has 144 valence electrons. The molecule has 1 saturated heterocycles. The molecule has 25 heavy (non-hydrogen) atoms. The Labute approximate surface area is 156 Å². The Morgan fingerprint density at radius 2 is 1.80 bits per heavy atom. The summed E-state index contributed by atoms with van der Waals surface area (Å²) in [6, 6.07) is 0. The van der Waals surface area contributed by atoms with Crippen LogP contribution in [0.5, 0.6) is 0 Å². The number of piperazine rings is 1. The Morgan fingerprint density at radius 1 is 1.20 bits per heavy atom. The second kappa shape index (κ2) is 9.78. The van der Waals surface area contributed by atoms with Gasteiger partial charge in [-0.3, -0.25) is 4.90 Å². The van der Waals surface area contributed by atoms with Gasteiger partial charge in [0, 0.05) is 50.4 Å². The number of hydrogen-bond acceptors (Lipinski definition) is 3. The van der Waals surface area contributed by atoms with Crippen molar-refractivity contribution in [1.82, 2.24) is 15.1 Å². The van der Waals surface area contributed by atoms with E-state index in [1.165, 1.54) is 76.8 Å². The van der Waals surface area contributed by atoms with E-state index in [0.717, 1.165) is 12.3 Å². The van der Waals surface area contributed by atoms with Crippen molar-refractivity contribution in [3.63, 3.8) is 0 Å². The molecule has 1 N–H and O–H groups in total. The molecular formula is C22H41N3. The normalized spacial score (nSPS) is 30.9. The molecule has 0 spiro atoms. The fourth-order valence-electron chi connectivity index (χ4n) is 5.00. The molecule has 3 heteroatoms. The zero-order chi connectivity index (χ0) is 18.3. The van der Waals surface area contributed by atoms with Crippen molar-refractivity contribution in [2.45, 2.75) is 63.8 Å². The maximum Gasteiger partial charge on any atom is 0.0182 e. The van der Waals surface area contributed by atoms with Crippen LogP contribution in [0.2, 0.25) is 0 Å².